The molecule has 8 heteroatoms. The van der Waals surface area contributed by atoms with Gasteiger partial charge in [-0.25, -0.2) is 13.8 Å². The van der Waals surface area contributed by atoms with Crippen LogP contribution in [0.25, 0.3) is 22.2 Å². The molecular weight excluding hydrogens is 450 g/mol. The fourth-order valence-corrected chi connectivity index (χ4v) is 4.93. The van der Waals surface area contributed by atoms with Crippen LogP contribution in [0.5, 0.6) is 5.75 Å². The third-order valence-corrected chi connectivity index (χ3v) is 7.00. The first-order valence-corrected chi connectivity index (χ1v) is 12.0. The standard InChI is InChI=1S/C27H26F2N4O2/c1-15-25(34-2)11-21-24(31-15)12-23(32-27(21)20-6-3-18(28)10-22(20)29)16-7-8-35-26(9-16)17-13-30-33(14-17)19-4-5-19/h3,6,10-14,16,19,26H,4-5,7-9H2,1-2H3/t16-,26+/m1/s1. The highest BCUT2D eigenvalue weighted by Crippen LogP contribution is 2.41. The number of hydrogen-bond donors (Lipinski definition) is 0. The van der Waals surface area contributed by atoms with Crippen molar-refractivity contribution in [2.24, 2.45) is 0 Å². The smallest absolute Gasteiger partial charge is 0.140 e. The van der Waals surface area contributed by atoms with Gasteiger partial charge in [-0.1, -0.05) is 0 Å². The van der Waals surface area contributed by atoms with Crippen LogP contribution >= 0.6 is 0 Å². The van der Waals surface area contributed by atoms with E-state index in [4.69, 9.17) is 19.4 Å². The summed E-state index contributed by atoms with van der Waals surface area (Å²) in [7, 11) is 1.57. The number of aromatic nitrogens is 4. The lowest BCUT2D eigenvalue weighted by atomic mass is 9.89. The van der Waals surface area contributed by atoms with Crippen molar-refractivity contribution in [1.82, 2.24) is 19.7 Å². The molecule has 0 radical (unpaired) electrons. The zero-order valence-electron chi connectivity index (χ0n) is 19.7. The molecule has 3 aromatic heterocycles. The molecule has 2 aliphatic rings. The summed E-state index contributed by atoms with van der Waals surface area (Å²) >= 11 is 0. The Morgan fingerprint density at radius 1 is 1.09 bits per heavy atom. The first-order chi connectivity index (χ1) is 17.0. The van der Waals surface area contributed by atoms with Gasteiger partial charge in [0, 0.05) is 47.0 Å². The van der Waals surface area contributed by atoms with Crippen molar-refractivity contribution >= 4 is 10.9 Å². The first kappa shape index (κ1) is 22.1. The first-order valence-electron chi connectivity index (χ1n) is 12.0. The Balaban J connectivity index is 1.42. The summed E-state index contributed by atoms with van der Waals surface area (Å²) in [5.74, 6) is -0.589. The van der Waals surface area contributed by atoms with Crippen LogP contribution in [0, 0.1) is 18.6 Å². The maximum absolute atomic E-state index is 14.9. The van der Waals surface area contributed by atoms with Crippen molar-refractivity contribution in [3.63, 3.8) is 0 Å². The Morgan fingerprint density at radius 3 is 2.71 bits per heavy atom. The molecule has 1 aliphatic heterocycles. The molecule has 0 N–H and O–H groups in total. The fraction of sp³-hybridized carbons (Fsp3) is 0.370. The van der Waals surface area contributed by atoms with Crippen molar-refractivity contribution in [1.29, 1.82) is 0 Å². The topological polar surface area (TPSA) is 62.1 Å². The van der Waals surface area contributed by atoms with Gasteiger partial charge in [0.05, 0.1) is 42.4 Å². The van der Waals surface area contributed by atoms with E-state index in [0.717, 1.165) is 35.9 Å². The van der Waals surface area contributed by atoms with E-state index in [9.17, 15) is 8.78 Å². The number of rotatable bonds is 5. The predicted octanol–water partition coefficient (Wildman–Crippen LogP) is 6.06. The minimum atomic E-state index is -0.659. The molecule has 2 atom stereocenters. The van der Waals surface area contributed by atoms with Gasteiger partial charge in [0.1, 0.15) is 17.4 Å². The lowest BCUT2D eigenvalue weighted by Gasteiger charge is -2.29. The van der Waals surface area contributed by atoms with Gasteiger partial charge in [0.25, 0.3) is 0 Å². The minimum absolute atomic E-state index is 0.0738. The van der Waals surface area contributed by atoms with Crippen LogP contribution in [-0.2, 0) is 4.74 Å². The number of hydrogen-bond acceptors (Lipinski definition) is 5. The van der Waals surface area contributed by atoms with Gasteiger partial charge in [0.2, 0.25) is 0 Å². The van der Waals surface area contributed by atoms with Crippen LogP contribution < -0.4 is 4.74 Å². The minimum Gasteiger partial charge on any atom is -0.495 e. The van der Waals surface area contributed by atoms with E-state index in [1.165, 1.54) is 25.0 Å². The number of nitrogens with zero attached hydrogens (tertiary/aromatic N) is 4. The van der Waals surface area contributed by atoms with E-state index < -0.39 is 11.6 Å². The van der Waals surface area contributed by atoms with Gasteiger partial charge in [-0.15, -0.1) is 0 Å². The van der Waals surface area contributed by atoms with Crippen LogP contribution in [0.1, 0.15) is 60.7 Å². The number of pyridine rings is 2. The lowest BCUT2D eigenvalue weighted by molar-refractivity contribution is 0.00463. The number of fused-ring (bicyclic) bond motifs is 1. The largest absolute Gasteiger partial charge is 0.495 e. The van der Waals surface area contributed by atoms with Crippen LogP contribution in [0.2, 0.25) is 0 Å². The molecule has 4 heterocycles. The van der Waals surface area contributed by atoms with Crippen molar-refractivity contribution in [2.75, 3.05) is 13.7 Å². The molecule has 0 spiro atoms. The van der Waals surface area contributed by atoms with E-state index >= 15 is 0 Å². The lowest BCUT2D eigenvalue weighted by Crippen LogP contribution is -2.19. The van der Waals surface area contributed by atoms with Crippen LogP contribution in [0.15, 0.2) is 42.7 Å². The van der Waals surface area contributed by atoms with Gasteiger partial charge in [0.15, 0.2) is 0 Å². The van der Waals surface area contributed by atoms with Crippen LogP contribution in [0.3, 0.4) is 0 Å². The molecule has 6 nitrogen and oxygen atoms in total. The quantitative estimate of drug-likeness (QED) is 0.350. The summed E-state index contributed by atoms with van der Waals surface area (Å²) < 4.78 is 42.1. The number of methoxy groups -OCH3 is 1. The van der Waals surface area contributed by atoms with E-state index in [1.54, 1.807) is 7.11 Å². The molecule has 2 fully saturated rings. The zero-order chi connectivity index (χ0) is 24.1. The van der Waals surface area contributed by atoms with Crippen molar-refractivity contribution in [2.45, 2.75) is 50.7 Å². The Bertz CT molecular complexity index is 1420. The van der Waals surface area contributed by atoms with Crippen LogP contribution in [-0.4, -0.2) is 33.5 Å². The van der Waals surface area contributed by atoms with Gasteiger partial charge in [-0.05, 0) is 56.9 Å². The molecule has 1 aliphatic carbocycles. The highest BCUT2D eigenvalue weighted by molar-refractivity contribution is 5.94. The summed E-state index contributed by atoms with van der Waals surface area (Å²) in [5, 5.41) is 5.18. The molecule has 0 amide bonds. The fourth-order valence-electron chi connectivity index (χ4n) is 4.93. The number of halogens is 2. The molecule has 1 aromatic carbocycles. The van der Waals surface area contributed by atoms with Crippen molar-refractivity contribution in [3.05, 3.63) is 71.3 Å². The van der Waals surface area contributed by atoms with E-state index in [2.05, 4.69) is 11.3 Å². The highest BCUT2D eigenvalue weighted by atomic mass is 19.1. The van der Waals surface area contributed by atoms with Crippen molar-refractivity contribution < 1.29 is 18.3 Å². The zero-order valence-corrected chi connectivity index (χ0v) is 19.7. The van der Waals surface area contributed by atoms with Crippen LogP contribution in [0.4, 0.5) is 8.78 Å². The summed E-state index contributed by atoms with van der Waals surface area (Å²) in [5.41, 5.74) is 4.02. The van der Waals surface area contributed by atoms with Crippen molar-refractivity contribution in [3.8, 4) is 17.0 Å². The molecule has 4 aromatic rings. The monoisotopic (exact) mass is 476 g/mol. The molecule has 0 unspecified atom stereocenters. The van der Waals surface area contributed by atoms with Gasteiger partial charge >= 0.3 is 0 Å². The molecule has 1 saturated heterocycles. The molecule has 180 valence electrons. The predicted molar refractivity (Wildman–Crippen MR) is 127 cm³/mol. The second kappa shape index (κ2) is 8.68. The number of benzene rings is 1. The molecule has 0 bridgehead atoms. The SMILES string of the molecule is COc1cc2c(-c3ccc(F)cc3F)nc([C@@H]3CCO[C@H](c4cnn(C5CC5)c4)C3)cc2nc1C. The number of ether oxygens (including phenoxy) is 2. The second-order valence-electron chi connectivity index (χ2n) is 9.43. The summed E-state index contributed by atoms with van der Waals surface area (Å²) in [4.78, 5) is 9.66. The maximum atomic E-state index is 14.9. The average molecular weight is 477 g/mol. The Labute approximate surface area is 201 Å². The highest BCUT2D eigenvalue weighted by Gasteiger charge is 2.30. The van der Waals surface area contributed by atoms with E-state index in [0.29, 0.717) is 35.0 Å². The van der Waals surface area contributed by atoms with Gasteiger partial charge in [-0.3, -0.25) is 9.67 Å². The maximum Gasteiger partial charge on any atom is 0.140 e. The average Bonchev–Trinajstić information content (AvgIpc) is 3.59. The Morgan fingerprint density at radius 2 is 1.94 bits per heavy atom. The summed E-state index contributed by atoms with van der Waals surface area (Å²) in [6.07, 6.45) is 7.81. The number of aryl methyl sites for hydroxylation is 1. The summed E-state index contributed by atoms with van der Waals surface area (Å²) in [6, 6.07) is 7.89. The van der Waals surface area contributed by atoms with E-state index in [-0.39, 0.29) is 17.6 Å². The third-order valence-electron chi connectivity index (χ3n) is 7.00. The Kier molecular flexibility index (Phi) is 5.48. The molecule has 6 rings (SSSR count). The Hall–Kier alpha value is -3.39. The third kappa shape index (κ3) is 4.16. The van der Waals surface area contributed by atoms with Gasteiger partial charge < -0.3 is 9.47 Å². The van der Waals surface area contributed by atoms with Gasteiger partial charge in [-0.2, -0.15) is 5.10 Å². The molecule has 1 saturated carbocycles. The normalized spacial score (nSPS) is 20.3. The second-order valence-corrected chi connectivity index (χ2v) is 9.43. The summed E-state index contributed by atoms with van der Waals surface area (Å²) in [6.45, 7) is 2.47. The molecular formula is C27H26F2N4O2. The van der Waals surface area contributed by atoms with E-state index in [1.807, 2.05) is 29.9 Å². The molecule has 35 heavy (non-hydrogen) atoms.